The number of nitrogens with two attached hydrogens (primary N) is 3. The quantitative estimate of drug-likeness (QED) is 0.00640. The van der Waals surface area contributed by atoms with Crippen molar-refractivity contribution in [2.45, 2.75) is 120 Å². The summed E-state index contributed by atoms with van der Waals surface area (Å²) in [6, 6.07) is -3.31. The van der Waals surface area contributed by atoms with E-state index in [-0.39, 0.29) is 80.3 Å². The first-order chi connectivity index (χ1) is 29.4. The fraction of sp³-hybridized carbons (Fsp3) is 0.730. The molecule has 25 heteroatoms. The van der Waals surface area contributed by atoms with Crippen molar-refractivity contribution < 1.29 is 48.4 Å². The zero-order chi connectivity index (χ0) is 46.2. The minimum Gasteiger partial charge on any atom is -0.370 e. The SMILES string of the molecule is CC(C)CC(CC(=O)NO)C(=O)N[C@@H](CS)C(=O)N[C@@H](CCCN=C(N)N)C(=O)NCC(=O)NCC(=O)N[C@@H](CCCCNC(=O)CCCC[C@@H]1SC[C@@H]2NC(=O)N[C@@H]21)C(N)=O. The van der Waals surface area contributed by atoms with Crippen molar-refractivity contribution >= 4 is 83.6 Å². The highest BCUT2D eigenvalue weighted by Gasteiger charge is 2.42. The molecular weight excluding hydrogens is 851 g/mol. The molecule has 0 aromatic heterocycles. The second kappa shape index (κ2) is 28.5. The molecule has 23 nitrogen and oxygen atoms in total. The molecule has 2 aliphatic heterocycles. The number of urea groups is 1. The van der Waals surface area contributed by atoms with Crippen LogP contribution in [0.3, 0.4) is 0 Å². The number of guanidine groups is 1. The van der Waals surface area contributed by atoms with Gasteiger partial charge in [0.15, 0.2) is 5.96 Å². The van der Waals surface area contributed by atoms with Crippen LogP contribution < -0.4 is 65.2 Å². The van der Waals surface area contributed by atoms with Crippen LogP contribution in [0.2, 0.25) is 0 Å². The first-order valence-corrected chi connectivity index (χ1v) is 22.4. The molecule has 2 heterocycles. The minimum absolute atomic E-state index is 0.00114. The molecule has 16 N–H and O–H groups in total. The van der Waals surface area contributed by atoms with Crippen molar-refractivity contribution in [1.29, 1.82) is 0 Å². The summed E-state index contributed by atoms with van der Waals surface area (Å²) in [5.41, 5.74) is 17.7. The summed E-state index contributed by atoms with van der Waals surface area (Å²) in [4.78, 5) is 116. The highest BCUT2D eigenvalue weighted by atomic mass is 32.2. The van der Waals surface area contributed by atoms with Crippen molar-refractivity contribution in [3.63, 3.8) is 0 Å². The molecule has 1 unspecified atom stereocenters. The van der Waals surface area contributed by atoms with E-state index in [4.69, 9.17) is 22.4 Å². The van der Waals surface area contributed by atoms with Crippen molar-refractivity contribution in [3.8, 4) is 0 Å². The molecule has 2 rings (SSSR count). The molecule has 0 aliphatic carbocycles. The summed E-state index contributed by atoms with van der Waals surface area (Å²) in [6.45, 7) is 3.02. The maximum Gasteiger partial charge on any atom is 0.315 e. The van der Waals surface area contributed by atoms with Gasteiger partial charge >= 0.3 is 6.03 Å². The Hall–Kier alpha value is -5.04. The van der Waals surface area contributed by atoms with Gasteiger partial charge in [-0.1, -0.05) is 20.3 Å². The molecule has 0 saturated carbocycles. The topological polar surface area (TPSA) is 373 Å². The third-order valence-corrected chi connectivity index (χ3v) is 11.8. The number of fused-ring (bicyclic) bond motifs is 1. The van der Waals surface area contributed by atoms with Gasteiger partial charge in [-0.15, -0.1) is 0 Å². The van der Waals surface area contributed by atoms with E-state index in [0.29, 0.717) is 31.1 Å². The third-order valence-electron chi connectivity index (χ3n) is 9.95. The van der Waals surface area contributed by atoms with Crippen LogP contribution in [0.4, 0.5) is 4.79 Å². The van der Waals surface area contributed by atoms with Crippen LogP contribution in [0.25, 0.3) is 0 Å². The molecule has 0 radical (unpaired) electrons. The summed E-state index contributed by atoms with van der Waals surface area (Å²) in [5.74, 6) is -5.65. The van der Waals surface area contributed by atoms with E-state index in [0.717, 1.165) is 25.0 Å². The Labute approximate surface area is 370 Å². The van der Waals surface area contributed by atoms with Crippen LogP contribution >= 0.6 is 24.4 Å². The monoisotopic (exact) mass is 915 g/mol. The van der Waals surface area contributed by atoms with Gasteiger partial charge in [-0.25, -0.2) is 10.3 Å². The lowest BCUT2D eigenvalue weighted by atomic mass is 9.92. The molecule has 2 saturated heterocycles. The average Bonchev–Trinajstić information content (AvgIpc) is 3.78. The van der Waals surface area contributed by atoms with Gasteiger partial charge in [-0.3, -0.25) is 48.6 Å². The molecule has 0 aromatic rings. The lowest BCUT2D eigenvalue weighted by Gasteiger charge is -2.24. The molecule has 0 bridgehead atoms. The van der Waals surface area contributed by atoms with Gasteiger partial charge < -0.3 is 59.7 Å². The zero-order valence-corrected chi connectivity index (χ0v) is 37.0. The Morgan fingerprint density at radius 3 is 2.15 bits per heavy atom. The van der Waals surface area contributed by atoms with Gasteiger partial charge in [0.2, 0.25) is 47.3 Å². The molecule has 62 heavy (non-hydrogen) atoms. The van der Waals surface area contributed by atoms with Gasteiger partial charge in [0, 0.05) is 48.6 Å². The molecule has 2 fully saturated rings. The molecule has 0 aromatic carbocycles. The number of thioether (sulfide) groups is 1. The molecule has 2 aliphatic rings. The van der Waals surface area contributed by atoms with Crippen molar-refractivity contribution in [1.82, 2.24) is 48.0 Å². The average molecular weight is 916 g/mol. The van der Waals surface area contributed by atoms with E-state index in [9.17, 15) is 43.2 Å². The highest BCUT2D eigenvalue weighted by Crippen LogP contribution is 2.33. The summed E-state index contributed by atoms with van der Waals surface area (Å²) >= 11 is 6.00. The number of primary amides is 1. The second-order valence-corrected chi connectivity index (χ2v) is 17.2. The summed E-state index contributed by atoms with van der Waals surface area (Å²) in [6.07, 6.45) is 4.24. The lowest BCUT2D eigenvalue weighted by molar-refractivity contribution is -0.136. The Morgan fingerprint density at radius 1 is 0.790 bits per heavy atom. The van der Waals surface area contributed by atoms with Gasteiger partial charge in [0.05, 0.1) is 25.2 Å². The minimum atomic E-state index is -1.23. The van der Waals surface area contributed by atoms with E-state index in [1.165, 1.54) is 5.48 Å². The van der Waals surface area contributed by atoms with Crippen LogP contribution in [0, 0.1) is 11.8 Å². The van der Waals surface area contributed by atoms with E-state index in [1.54, 1.807) is 0 Å². The first kappa shape index (κ1) is 53.1. The number of rotatable bonds is 30. The molecule has 0 spiro atoms. The number of carbonyl (C=O) groups excluding carboxylic acids is 9. The Balaban J connectivity index is 1.77. The van der Waals surface area contributed by atoms with Crippen molar-refractivity contribution in [2.75, 3.05) is 37.7 Å². The number of aliphatic imine (C=N–C) groups is 1. The van der Waals surface area contributed by atoms with Crippen molar-refractivity contribution in [3.05, 3.63) is 0 Å². The number of amides is 10. The maximum atomic E-state index is 13.3. The predicted octanol–water partition coefficient (Wildman–Crippen LogP) is -3.29. The van der Waals surface area contributed by atoms with Crippen LogP contribution in [0.15, 0.2) is 4.99 Å². The van der Waals surface area contributed by atoms with Gasteiger partial charge in [0.25, 0.3) is 0 Å². The maximum absolute atomic E-state index is 13.3. The number of hydrogen-bond donors (Lipinski definition) is 14. The van der Waals surface area contributed by atoms with E-state index in [1.807, 2.05) is 25.6 Å². The van der Waals surface area contributed by atoms with Crippen LogP contribution in [-0.4, -0.2) is 138 Å². The molecular formula is C37H65N13O10S2. The molecule has 7 atom stereocenters. The van der Waals surface area contributed by atoms with Crippen LogP contribution in [-0.2, 0) is 38.4 Å². The Morgan fingerprint density at radius 2 is 1.48 bits per heavy atom. The standard InChI is InChI=1S/C37H65N13O10S2/c1-20(2)14-21(15-28(52)50-60)33(56)47-24(18-61)35(58)46-23(9-7-13-42-36(39)40)34(57)44-16-29(53)43-17-30(54)45-22(32(38)55)8-5-6-12-41-27(51)11-4-3-10-26-31-25(19-62-26)48-37(59)49-31/h20-26,31,60-61H,3-19H2,1-2H3,(H2,38,55)(H,41,51)(H,43,53)(H,44,57)(H,45,54)(H,46,58)(H,47,56)(H,50,52)(H4,39,40,42)(H2,48,49,59)/t21?,22-,23-,24-,25-,26-,31-/m0/s1. The lowest BCUT2D eigenvalue weighted by Crippen LogP contribution is -2.56. The van der Waals surface area contributed by atoms with E-state index in [2.05, 4.69) is 60.2 Å². The van der Waals surface area contributed by atoms with E-state index >= 15 is 0 Å². The fourth-order valence-corrected chi connectivity index (χ4v) is 8.58. The number of nitrogens with zero attached hydrogens (tertiary/aromatic N) is 1. The number of hydroxylamine groups is 1. The first-order valence-electron chi connectivity index (χ1n) is 20.7. The third kappa shape index (κ3) is 20.7. The van der Waals surface area contributed by atoms with Crippen LogP contribution in [0.5, 0.6) is 0 Å². The number of hydrogen-bond acceptors (Lipinski definition) is 13. The second-order valence-electron chi connectivity index (χ2n) is 15.5. The molecule has 350 valence electrons. The van der Waals surface area contributed by atoms with Gasteiger partial charge in [-0.2, -0.15) is 24.4 Å². The summed E-state index contributed by atoms with van der Waals surface area (Å²) < 4.78 is 0. The number of carbonyl (C=O) groups is 9. The van der Waals surface area contributed by atoms with Crippen LogP contribution in [0.1, 0.15) is 84.5 Å². The Kier molecular flexibility index (Phi) is 24.4. The smallest absolute Gasteiger partial charge is 0.315 e. The number of thiol groups is 1. The largest absolute Gasteiger partial charge is 0.370 e. The number of nitrogens with one attached hydrogen (secondary N) is 9. The highest BCUT2D eigenvalue weighted by molar-refractivity contribution is 8.00. The normalized spacial score (nSPS) is 18.3. The van der Waals surface area contributed by atoms with Crippen molar-refractivity contribution in [2.24, 2.45) is 34.0 Å². The summed E-state index contributed by atoms with van der Waals surface area (Å²) in [5, 5.41) is 30.3. The van der Waals surface area contributed by atoms with Gasteiger partial charge in [0.1, 0.15) is 18.1 Å². The van der Waals surface area contributed by atoms with Gasteiger partial charge in [-0.05, 0) is 57.3 Å². The summed E-state index contributed by atoms with van der Waals surface area (Å²) in [7, 11) is 0. The number of unbranched alkanes of at least 4 members (excludes halogenated alkanes) is 2. The fourth-order valence-electron chi connectivity index (χ4n) is 6.78. The predicted molar refractivity (Wildman–Crippen MR) is 233 cm³/mol. The Bertz CT molecular complexity index is 1590. The molecule has 10 amide bonds. The van der Waals surface area contributed by atoms with E-state index < -0.39 is 78.5 Å². The zero-order valence-electron chi connectivity index (χ0n) is 35.3.